The van der Waals surface area contributed by atoms with Gasteiger partial charge in [0.25, 0.3) is 11.8 Å². The molecule has 6 nitrogen and oxygen atoms in total. The van der Waals surface area contributed by atoms with Crippen LogP contribution >= 0.6 is 11.3 Å². The summed E-state index contributed by atoms with van der Waals surface area (Å²) >= 11 is 1.32. The average molecular weight is 297 g/mol. The molecule has 0 radical (unpaired) electrons. The predicted octanol–water partition coefficient (Wildman–Crippen LogP) is 0.212. The largest absolute Gasteiger partial charge is 0.393 e. The lowest BCUT2D eigenvalue weighted by Crippen LogP contribution is -2.47. The Morgan fingerprint density at radius 1 is 1.45 bits per heavy atom. The van der Waals surface area contributed by atoms with Crippen LogP contribution in [-0.2, 0) is 4.79 Å². The predicted molar refractivity (Wildman–Crippen MR) is 76.2 cm³/mol. The van der Waals surface area contributed by atoms with Gasteiger partial charge < -0.3 is 5.11 Å². The van der Waals surface area contributed by atoms with Crippen molar-refractivity contribution in [3.63, 3.8) is 0 Å². The van der Waals surface area contributed by atoms with Crippen LogP contribution in [0.1, 0.15) is 22.5 Å². The number of hydrogen-bond acceptors (Lipinski definition) is 5. The molecule has 1 aliphatic rings. The molecule has 0 aliphatic heterocycles. The molecule has 1 heterocycles. The van der Waals surface area contributed by atoms with Gasteiger partial charge in [-0.3, -0.25) is 25.3 Å². The van der Waals surface area contributed by atoms with Crippen molar-refractivity contribution in [1.82, 2.24) is 15.8 Å². The van der Waals surface area contributed by atoms with Crippen LogP contribution in [0.2, 0.25) is 0 Å². The summed E-state index contributed by atoms with van der Waals surface area (Å²) in [6, 6.07) is 3.47. The zero-order valence-electron chi connectivity index (χ0n) is 11.3. The number of amides is 2. The van der Waals surface area contributed by atoms with Gasteiger partial charge in [0.1, 0.15) is 0 Å². The van der Waals surface area contributed by atoms with Gasteiger partial charge in [-0.1, -0.05) is 6.07 Å². The van der Waals surface area contributed by atoms with Crippen molar-refractivity contribution in [2.24, 2.45) is 5.92 Å². The highest BCUT2D eigenvalue weighted by atomic mass is 32.1. The number of carbonyl (C=O) groups excluding carboxylic acids is 2. The lowest BCUT2D eigenvalue weighted by Gasteiger charge is -2.34. The highest BCUT2D eigenvalue weighted by molar-refractivity contribution is 7.12. The molecule has 1 saturated carbocycles. The van der Waals surface area contributed by atoms with E-state index < -0.39 is 0 Å². The van der Waals surface area contributed by atoms with E-state index in [0.717, 1.165) is 19.4 Å². The summed E-state index contributed by atoms with van der Waals surface area (Å²) in [5.41, 5.74) is 4.78. The summed E-state index contributed by atoms with van der Waals surface area (Å²) in [5, 5.41) is 11.0. The number of aliphatic hydroxyl groups excluding tert-OH is 1. The van der Waals surface area contributed by atoms with Gasteiger partial charge in [-0.25, -0.2) is 0 Å². The van der Waals surface area contributed by atoms with Gasteiger partial charge in [0, 0.05) is 6.54 Å². The molecular formula is C13H19N3O3S. The number of likely N-dealkylation sites (N-methyl/N-ethyl adjacent to an activating group) is 1. The van der Waals surface area contributed by atoms with Gasteiger partial charge in [0.05, 0.1) is 17.5 Å². The van der Waals surface area contributed by atoms with Crippen molar-refractivity contribution in [3.8, 4) is 0 Å². The van der Waals surface area contributed by atoms with Crippen LogP contribution in [0.25, 0.3) is 0 Å². The molecule has 7 heteroatoms. The lowest BCUT2D eigenvalue weighted by molar-refractivity contribution is -0.123. The molecule has 3 N–H and O–H groups in total. The fourth-order valence-corrected chi connectivity index (χ4v) is 2.85. The van der Waals surface area contributed by atoms with Crippen LogP contribution in [0.3, 0.4) is 0 Å². The van der Waals surface area contributed by atoms with Gasteiger partial charge in [0.15, 0.2) is 0 Å². The number of hydrazine groups is 1. The molecule has 110 valence electrons. The Balaban J connectivity index is 1.63. The SMILES string of the molecule is CN(CC(=O)NNC(=O)c1cccs1)CC1CC(O)C1. The number of nitrogens with zero attached hydrogens (tertiary/aromatic N) is 1. The Bertz CT molecular complexity index is 457. The van der Waals surface area contributed by atoms with E-state index in [4.69, 9.17) is 0 Å². The molecular weight excluding hydrogens is 278 g/mol. The number of nitrogens with one attached hydrogen (secondary N) is 2. The normalized spacial score (nSPS) is 21.4. The lowest BCUT2D eigenvalue weighted by atomic mass is 9.82. The second-order valence-electron chi connectivity index (χ2n) is 5.17. The van der Waals surface area contributed by atoms with Crippen LogP contribution in [0.4, 0.5) is 0 Å². The molecule has 2 rings (SSSR count). The van der Waals surface area contributed by atoms with Gasteiger partial charge in [-0.05, 0) is 37.3 Å². The van der Waals surface area contributed by atoms with Gasteiger partial charge in [0.2, 0.25) is 0 Å². The van der Waals surface area contributed by atoms with E-state index in [2.05, 4.69) is 10.9 Å². The molecule has 1 fully saturated rings. The second kappa shape index (κ2) is 6.83. The first kappa shape index (κ1) is 15.0. The van der Waals surface area contributed by atoms with E-state index in [1.807, 2.05) is 11.9 Å². The van der Waals surface area contributed by atoms with Crippen LogP contribution in [0.15, 0.2) is 17.5 Å². The Kier molecular flexibility index (Phi) is 5.11. The first-order valence-corrected chi connectivity index (χ1v) is 7.42. The Morgan fingerprint density at radius 3 is 2.80 bits per heavy atom. The molecule has 2 amide bonds. The van der Waals surface area contributed by atoms with Gasteiger partial charge in [-0.2, -0.15) is 0 Å². The van der Waals surface area contributed by atoms with Crippen LogP contribution < -0.4 is 10.9 Å². The van der Waals surface area contributed by atoms with Crippen molar-refractivity contribution in [2.75, 3.05) is 20.1 Å². The van der Waals surface area contributed by atoms with Crippen molar-refractivity contribution in [3.05, 3.63) is 22.4 Å². The molecule has 0 aromatic carbocycles. The third kappa shape index (κ3) is 4.29. The molecule has 0 spiro atoms. The second-order valence-corrected chi connectivity index (χ2v) is 6.12. The average Bonchev–Trinajstić information content (AvgIpc) is 2.87. The molecule has 1 aliphatic carbocycles. The maximum Gasteiger partial charge on any atom is 0.279 e. The Morgan fingerprint density at radius 2 is 2.20 bits per heavy atom. The fraction of sp³-hybridized carbons (Fsp3) is 0.538. The molecule has 0 saturated heterocycles. The van der Waals surface area contributed by atoms with E-state index in [9.17, 15) is 14.7 Å². The number of aliphatic hydroxyl groups is 1. The van der Waals surface area contributed by atoms with Crippen molar-refractivity contribution < 1.29 is 14.7 Å². The first-order valence-electron chi connectivity index (χ1n) is 6.54. The van der Waals surface area contributed by atoms with E-state index in [0.29, 0.717) is 10.8 Å². The molecule has 0 unspecified atom stereocenters. The first-order chi connectivity index (χ1) is 9.54. The summed E-state index contributed by atoms with van der Waals surface area (Å²) in [6.45, 7) is 1.00. The zero-order chi connectivity index (χ0) is 14.5. The molecule has 0 atom stereocenters. The van der Waals surface area contributed by atoms with Gasteiger partial charge >= 0.3 is 0 Å². The smallest absolute Gasteiger partial charge is 0.279 e. The van der Waals surface area contributed by atoms with Crippen LogP contribution in [0, 0.1) is 5.92 Å². The number of carbonyl (C=O) groups is 2. The van der Waals surface area contributed by atoms with E-state index in [1.54, 1.807) is 17.5 Å². The topological polar surface area (TPSA) is 81.7 Å². The summed E-state index contributed by atoms with van der Waals surface area (Å²) in [5.74, 6) is -0.0982. The minimum Gasteiger partial charge on any atom is -0.393 e. The van der Waals surface area contributed by atoms with E-state index in [-0.39, 0.29) is 24.5 Å². The Hall–Kier alpha value is -1.44. The zero-order valence-corrected chi connectivity index (χ0v) is 12.2. The number of hydrogen-bond donors (Lipinski definition) is 3. The molecule has 20 heavy (non-hydrogen) atoms. The Labute approximate surface area is 121 Å². The maximum atomic E-state index is 11.7. The van der Waals surface area contributed by atoms with E-state index in [1.165, 1.54) is 11.3 Å². The minimum atomic E-state index is -0.307. The number of thiophene rings is 1. The number of rotatable bonds is 5. The van der Waals surface area contributed by atoms with Crippen molar-refractivity contribution in [1.29, 1.82) is 0 Å². The van der Waals surface area contributed by atoms with Crippen molar-refractivity contribution >= 4 is 23.2 Å². The third-order valence-electron chi connectivity index (χ3n) is 3.25. The molecule has 0 bridgehead atoms. The minimum absolute atomic E-state index is 0.174. The summed E-state index contributed by atoms with van der Waals surface area (Å²) in [7, 11) is 1.85. The fourth-order valence-electron chi connectivity index (χ4n) is 2.24. The van der Waals surface area contributed by atoms with E-state index >= 15 is 0 Å². The van der Waals surface area contributed by atoms with Crippen LogP contribution in [0.5, 0.6) is 0 Å². The summed E-state index contributed by atoms with van der Waals surface area (Å²) in [6.07, 6.45) is 1.44. The molecule has 1 aromatic heterocycles. The highest BCUT2D eigenvalue weighted by Crippen LogP contribution is 2.27. The quantitative estimate of drug-likeness (QED) is 0.679. The van der Waals surface area contributed by atoms with Crippen LogP contribution in [-0.4, -0.2) is 48.1 Å². The highest BCUT2D eigenvalue weighted by Gasteiger charge is 2.28. The molecule has 1 aromatic rings. The third-order valence-corrected chi connectivity index (χ3v) is 4.12. The monoisotopic (exact) mass is 297 g/mol. The maximum absolute atomic E-state index is 11.7. The summed E-state index contributed by atoms with van der Waals surface area (Å²) in [4.78, 5) is 25.7. The van der Waals surface area contributed by atoms with Crippen molar-refractivity contribution in [2.45, 2.75) is 18.9 Å². The van der Waals surface area contributed by atoms with Gasteiger partial charge in [-0.15, -0.1) is 11.3 Å². The summed E-state index contributed by atoms with van der Waals surface area (Å²) < 4.78 is 0. The standard InChI is InChI=1S/C13H19N3O3S/c1-16(7-9-5-10(17)6-9)8-12(18)14-15-13(19)11-3-2-4-20-11/h2-4,9-10,17H,5-8H2,1H3,(H,14,18)(H,15,19).